The highest BCUT2D eigenvalue weighted by atomic mass is 35.5. The fourth-order valence-corrected chi connectivity index (χ4v) is 5.25. The number of hydrogen-bond acceptors (Lipinski definition) is 2. The fourth-order valence-electron chi connectivity index (χ4n) is 4.70. The van der Waals surface area contributed by atoms with Crippen LogP contribution in [0.15, 0.2) is 48.5 Å². The highest BCUT2D eigenvalue weighted by Crippen LogP contribution is 2.37. The summed E-state index contributed by atoms with van der Waals surface area (Å²) >= 11 is 12.8. The van der Waals surface area contributed by atoms with Gasteiger partial charge in [-0.25, -0.2) is 0 Å². The molecule has 1 heterocycles. The highest BCUT2D eigenvalue weighted by molar-refractivity contribution is 6.36. The molecule has 1 aliphatic heterocycles. The monoisotopic (exact) mass is 431 g/mol. The van der Waals surface area contributed by atoms with E-state index in [-0.39, 0.29) is 17.7 Å². The van der Waals surface area contributed by atoms with Gasteiger partial charge in [-0.15, -0.1) is 0 Å². The second-order valence-electron chi connectivity index (χ2n) is 8.18. The summed E-state index contributed by atoms with van der Waals surface area (Å²) in [6, 6.07) is 15.7. The van der Waals surface area contributed by atoms with E-state index >= 15 is 0 Å². The Bertz CT molecular complexity index is 816. The molecule has 0 bridgehead atoms. The molecule has 5 heteroatoms. The molecule has 0 N–H and O–H groups in total. The van der Waals surface area contributed by atoms with Gasteiger partial charge in [-0.05, 0) is 49.1 Å². The first kappa shape index (κ1) is 20.6. The van der Waals surface area contributed by atoms with Crippen molar-refractivity contribution in [1.82, 2.24) is 4.90 Å². The molecule has 1 saturated heterocycles. The van der Waals surface area contributed by atoms with Gasteiger partial charge in [-0.1, -0.05) is 66.7 Å². The third kappa shape index (κ3) is 4.73. The molecule has 0 radical (unpaired) electrons. The third-order valence-electron chi connectivity index (χ3n) is 6.31. The Hall–Kier alpha value is -1.71. The summed E-state index contributed by atoms with van der Waals surface area (Å²) in [5.41, 5.74) is 0.865. The lowest BCUT2D eigenvalue weighted by molar-refractivity contribution is -0.133. The van der Waals surface area contributed by atoms with E-state index in [0.717, 1.165) is 30.7 Å². The van der Waals surface area contributed by atoms with Crippen LogP contribution in [0.4, 0.5) is 0 Å². The van der Waals surface area contributed by atoms with Gasteiger partial charge in [0.15, 0.2) is 0 Å². The van der Waals surface area contributed by atoms with Gasteiger partial charge < -0.3 is 9.64 Å². The molecule has 1 aliphatic carbocycles. The van der Waals surface area contributed by atoms with Crippen molar-refractivity contribution in [2.24, 2.45) is 11.8 Å². The molecule has 4 rings (SSSR count). The second-order valence-corrected chi connectivity index (χ2v) is 8.99. The van der Waals surface area contributed by atoms with Crippen molar-refractivity contribution in [3.05, 3.63) is 64.1 Å². The summed E-state index contributed by atoms with van der Waals surface area (Å²) in [7, 11) is 0. The molecule has 0 spiro atoms. The predicted molar refractivity (Wildman–Crippen MR) is 118 cm³/mol. The van der Waals surface area contributed by atoms with Gasteiger partial charge >= 0.3 is 0 Å². The Kier molecular flexibility index (Phi) is 6.67. The average molecular weight is 432 g/mol. The van der Waals surface area contributed by atoms with Crippen LogP contribution in [0.5, 0.6) is 5.75 Å². The SMILES string of the molecule is O=C1C(Cc2c(Cl)cccc2Cl)C(COc2ccccc2)CN1C1CCCCC1. The highest BCUT2D eigenvalue weighted by Gasteiger charge is 2.43. The fraction of sp³-hybridized carbons (Fsp3) is 0.458. The molecule has 29 heavy (non-hydrogen) atoms. The topological polar surface area (TPSA) is 29.5 Å². The molecular formula is C24H27Cl2NO2. The molecule has 154 valence electrons. The minimum atomic E-state index is -0.155. The van der Waals surface area contributed by atoms with Crippen LogP contribution in [0, 0.1) is 11.8 Å². The van der Waals surface area contributed by atoms with Crippen LogP contribution in [0.25, 0.3) is 0 Å². The van der Waals surface area contributed by atoms with Gasteiger partial charge in [0.05, 0.1) is 12.5 Å². The number of amides is 1. The number of carbonyl (C=O) groups is 1. The van der Waals surface area contributed by atoms with E-state index in [4.69, 9.17) is 27.9 Å². The Morgan fingerprint density at radius 1 is 0.931 bits per heavy atom. The number of carbonyl (C=O) groups excluding carboxylic acids is 1. The van der Waals surface area contributed by atoms with Crippen molar-refractivity contribution in [3.8, 4) is 5.75 Å². The number of ether oxygens (including phenoxy) is 1. The van der Waals surface area contributed by atoms with E-state index in [1.807, 2.05) is 48.5 Å². The Labute approximate surface area is 182 Å². The summed E-state index contributed by atoms with van der Waals surface area (Å²) in [5, 5.41) is 1.26. The second kappa shape index (κ2) is 9.40. The maximum atomic E-state index is 13.4. The maximum Gasteiger partial charge on any atom is 0.226 e. The number of benzene rings is 2. The largest absolute Gasteiger partial charge is 0.493 e. The van der Waals surface area contributed by atoms with Gasteiger partial charge in [-0.3, -0.25) is 4.79 Å². The Morgan fingerprint density at radius 2 is 1.62 bits per heavy atom. The van der Waals surface area contributed by atoms with Crippen molar-refractivity contribution < 1.29 is 9.53 Å². The molecule has 2 aromatic rings. The molecular weight excluding hydrogens is 405 g/mol. The standard InChI is InChI=1S/C24H27Cl2NO2/c25-22-12-7-13-23(26)21(22)14-20-17(16-29-19-10-5-2-6-11-19)15-27(24(20)28)18-8-3-1-4-9-18/h2,5-7,10-13,17-18,20H,1,3-4,8-9,14-16H2. The number of para-hydroxylation sites is 1. The first-order chi connectivity index (χ1) is 14.1. The van der Waals surface area contributed by atoms with Crippen molar-refractivity contribution in [3.63, 3.8) is 0 Å². The third-order valence-corrected chi connectivity index (χ3v) is 7.02. The van der Waals surface area contributed by atoms with Crippen LogP contribution in [-0.2, 0) is 11.2 Å². The first-order valence-corrected chi connectivity index (χ1v) is 11.3. The number of rotatable bonds is 6. The van der Waals surface area contributed by atoms with Crippen LogP contribution >= 0.6 is 23.2 Å². The molecule has 2 aliphatic rings. The summed E-state index contributed by atoms with van der Waals surface area (Å²) in [6.07, 6.45) is 6.47. The lowest BCUT2D eigenvalue weighted by atomic mass is 9.89. The molecule has 2 fully saturated rings. The van der Waals surface area contributed by atoms with Crippen LogP contribution in [0.3, 0.4) is 0 Å². The van der Waals surface area contributed by atoms with Gasteiger partial charge in [0.25, 0.3) is 0 Å². The number of likely N-dealkylation sites (tertiary alicyclic amines) is 1. The van der Waals surface area contributed by atoms with E-state index in [9.17, 15) is 4.79 Å². The molecule has 2 unspecified atom stereocenters. The number of halogens is 2. The summed E-state index contributed by atoms with van der Waals surface area (Å²) in [4.78, 5) is 15.6. The van der Waals surface area contributed by atoms with Crippen LogP contribution in [0.1, 0.15) is 37.7 Å². The van der Waals surface area contributed by atoms with E-state index in [1.165, 1.54) is 19.3 Å². The van der Waals surface area contributed by atoms with Crippen LogP contribution < -0.4 is 4.74 Å². The maximum absolute atomic E-state index is 13.4. The molecule has 1 saturated carbocycles. The zero-order valence-electron chi connectivity index (χ0n) is 16.5. The van der Waals surface area contributed by atoms with E-state index in [1.54, 1.807) is 0 Å². The quantitative estimate of drug-likeness (QED) is 0.559. The van der Waals surface area contributed by atoms with Gasteiger partial charge in [0.1, 0.15) is 5.75 Å². The zero-order valence-corrected chi connectivity index (χ0v) is 18.0. The summed E-state index contributed by atoms with van der Waals surface area (Å²) < 4.78 is 6.06. The molecule has 2 atom stereocenters. The minimum Gasteiger partial charge on any atom is -0.493 e. The van der Waals surface area contributed by atoms with Gasteiger partial charge in [-0.2, -0.15) is 0 Å². The summed E-state index contributed by atoms with van der Waals surface area (Å²) in [6.45, 7) is 1.27. The van der Waals surface area contributed by atoms with E-state index in [2.05, 4.69) is 4.90 Å². The van der Waals surface area contributed by atoms with E-state index < -0.39 is 0 Å². The Morgan fingerprint density at radius 3 is 2.31 bits per heavy atom. The van der Waals surface area contributed by atoms with Crippen molar-refractivity contribution >= 4 is 29.1 Å². The first-order valence-electron chi connectivity index (χ1n) is 10.5. The molecule has 2 aromatic carbocycles. The van der Waals surface area contributed by atoms with Gasteiger partial charge in [0, 0.05) is 28.5 Å². The normalized spacial score (nSPS) is 22.8. The molecule has 0 aromatic heterocycles. The van der Waals surface area contributed by atoms with Crippen molar-refractivity contribution in [2.45, 2.75) is 44.6 Å². The van der Waals surface area contributed by atoms with Crippen molar-refractivity contribution in [2.75, 3.05) is 13.2 Å². The lowest BCUT2D eigenvalue weighted by Crippen LogP contribution is -2.39. The Balaban J connectivity index is 1.54. The lowest BCUT2D eigenvalue weighted by Gasteiger charge is -2.31. The van der Waals surface area contributed by atoms with Crippen LogP contribution in [0.2, 0.25) is 10.0 Å². The number of hydrogen-bond donors (Lipinski definition) is 0. The van der Waals surface area contributed by atoms with Crippen molar-refractivity contribution in [1.29, 1.82) is 0 Å². The summed E-state index contributed by atoms with van der Waals surface area (Å²) in [5.74, 6) is 1.04. The number of nitrogens with zero attached hydrogens (tertiary/aromatic N) is 1. The molecule has 1 amide bonds. The smallest absolute Gasteiger partial charge is 0.226 e. The zero-order chi connectivity index (χ0) is 20.2. The average Bonchev–Trinajstić information content (AvgIpc) is 3.06. The van der Waals surface area contributed by atoms with Gasteiger partial charge in [0.2, 0.25) is 5.91 Å². The predicted octanol–water partition coefficient (Wildman–Crippen LogP) is 6.02. The van der Waals surface area contributed by atoms with Crippen LogP contribution in [-0.4, -0.2) is 30.0 Å². The molecule has 3 nitrogen and oxygen atoms in total. The minimum absolute atomic E-state index is 0.122. The van der Waals surface area contributed by atoms with E-state index in [0.29, 0.717) is 29.1 Å².